The molecule has 12 heavy (non-hydrogen) atoms. The van der Waals surface area contributed by atoms with Crippen LogP contribution in [0.4, 0.5) is 0 Å². The molecule has 0 unspecified atom stereocenters. The highest BCUT2D eigenvalue weighted by Gasteiger charge is 2.31. The van der Waals surface area contributed by atoms with Crippen molar-refractivity contribution in [2.45, 2.75) is 55.4 Å². The van der Waals surface area contributed by atoms with Gasteiger partial charge < -0.3 is 0 Å². The lowest BCUT2D eigenvalue weighted by molar-refractivity contribution is -0.122. The lowest BCUT2D eigenvalue weighted by atomic mass is 9.98. The molecule has 0 N–H and O–H groups in total. The molecule has 0 aromatic rings. The minimum atomic E-state index is 0.396. The molecule has 2 saturated carbocycles. The summed E-state index contributed by atoms with van der Waals surface area (Å²) >= 11 is 1.97. The summed E-state index contributed by atoms with van der Waals surface area (Å²) in [5, 5.41) is 1.21. The zero-order chi connectivity index (χ0) is 8.39. The van der Waals surface area contributed by atoms with Gasteiger partial charge in [-0.3, -0.25) is 4.79 Å². The molecule has 2 fully saturated rings. The van der Waals surface area contributed by atoms with Crippen LogP contribution < -0.4 is 0 Å². The van der Waals surface area contributed by atoms with Gasteiger partial charge in [-0.15, -0.1) is 11.8 Å². The largest absolute Gasteiger partial charge is 0.298 e. The third-order valence-electron chi connectivity index (χ3n) is 2.92. The van der Waals surface area contributed by atoms with E-state index in [1.165, 1.54) is 32.1 Å². The number of rotatable bonds is 2. The van der Waals surface area contributed by atoms with Gasteiger partial charge in [-0.1, -0.05) is 19.3 Å². The minimum absolute atomic E-state index is 0.396. The molecule has 68 valence electrons. The Morgan fingerprint density at radius 2 is 1.83 bits per heavy atom. The third kappa shape index (κ3) is 1.85. The van der Waals surface area contributed by atoms with Crippen LogP contribution in [0.3, 0.4) is 0 Å². The molecule has 0 bridgehead atoms. The van der Waals surface area contributed by atoms with Gasteiger partial charge in [-0.25, -0.2) is 0 Å². The van der Waals surface area contributed by atoms with Crippen molar-refractivity contribution >= 4 is 17.5 Å². The summed E-state index contributed by atoms with van der Waals surface area (Å²) in [4.78, 5) is 11.1. The first-order valence-corrected chi connectivity index (χ1v) is 5.99. The van der Waals surface area contributed by atoms with Gasteiger partial charge in [-0.2, -0.15) is 0 Å². The molecule has 0 aromatic carbocycles. The SMILES string of the molecule is O=C1CC[C@@H]1SC1CCCCC1. The molecule has 0 spiro atoms. The Labute approximate surface area is 78.3 Å². The van der Waals surface area contributed by atoms with Crippen LogP contribution in [0.25, 0.3) is 0 Å². The highest BCUT2D eigenvalue weighted by Crippen LogP contribution is 2.37. The average molecular weight is 184 g/mol. The predicted molar refractivity (Wildman–Crippen MR) is 52.5 cm³/mol. The molecule has 2 aliphatic carbocycles. The molecular weight excluding hydrogens is 168 g/mol. The maximum Gasteiger partial charge on any atom is 0.145 e. The second-order valence-corrected chi connectivity index (χ2v) is 5.40. The molecule has 2 heteroatoms. The number of Topliss-reactive ketones (excluding diaryl/α,β-unsaturated/α-hetero) is 1. The van der Waals surface area contributed by atoms with Crippen LogP contribution in [0.1, 0.15) is 44.9 Å². The van der Waals surface area contributed by atoms with E-state index in [2.05, 4.69) is 0 Å². The van der Waals surface area contributed by atoms with E-state index in [-0.39, 0.29) is 0 Å². The van der Waals surface area contributed by atoms with Crippen molar-refractivity contribution in [1.29, 1.82) is 0 Å². The number of thioether (sulfide) groups is 1. The predicted octanol–water partition coefficient (Wildman–Crippen LogP) is 2.78. The van der Waals surface area contributed by atoms with Crippen LogP contribution in [0.2, 0.25) is 0 Å². The summed E-state index contributed by atoms with van der Waals surface area (Å²) in [6.45, 7) is 0. The summed E-state index contributed by atoms with van der Waals surface area (Å²) in [7, 11) is 0. The first-order chi connectivity index (χ1) is 5.86. The topological polar surface area (TPSA) is 17.1 Å². The zero-order valence-corrected chi connectivity index (χ0v) is 8.24. The van der Waals surface area contributed by atoms with E-state index < -0.39 is 0 Å². The van der Waals surface area contributed by atoms with Crippen LogP contribution in [-0.2, 0) is 4.79 Å². The van der Waals surface area contributed by atoms with E-state index in [1.54, 1.807) is 0 Å². The Balaban J connectivity index is 1.74. The molecule has 0 radical (unpaired) electrons. The van der Waals surface area contributed by atoms with Gasteiger partial charge in [0.15, 0.2) is 0 Å². The van der Waals surface area contributed by atoms with Crippen molar-refractivity contribution in [2.75, 3.05) is 0 Å². The summed E-state index contributed by atoms with van der Waals surface area (Å²) in [6, 6.07) is 0. The van der Waals surface area contributed by atoms with Gasteiger partial charge in [-0.05, 0) is 19.3 Å². The lowest BCUT2D eigenvalue weighted by Gasteiger charge is -2.29. The van der Waals surface area contributed by atoms with E-state index in [4.69, 9.17) is 0 Å². The number of hydrogen-bond acceptors (Lipinski definition) is 2. The normalized spacial score (nSPS) is 31.7. The first kappa shape index (κ1) is 8.61. The van der Waals surface area contributed by atoms with E-state index in [0.29, 0.717) is 11.0 Å². The van der Waals surface area contributed by atoms with Crippen molar-refractivity contribution in [3.8, 4) is 0 Å². The van der Waals surface area contributed by atoms with E-state index in [9.17, 15) is 4.79 Å². The Bertz CT molecular complexity index is 173. The number of carbonyl (C=O) groups excluding carboxylic acids is 1. The Morgan fingerprint density at radius 3 is 2.33 bits per heavy atom. The fourth-order valence-electron chi connectivity index (χ4n) is 1.96. The Hall–Kier alpha value is 0.0200. The maximum atomic E-state index is 11.1. The summed E-state index contributed by atoms with van der Waals surface area (Å²) in [6.07, 6.45) is 8.90. The molecule has 0 heterocycles. The molecular formula is C10H16OS. The fraction of sp³-hybridized carbons (Fsp3) is 0.900. The molecule has 0 aliphatic heterocycles. The highest BCUT2D eigenvalue weighted by molar-refractivity contribution is 8.01. The second kappa shape index (κ2) is 3.82. The number of hydrogen-bond donors (Lipinski definition) is 0. The molecule has 0 saturated heterocycles. The molecule has 0 aromatic heterocycles. The quantitative estimate of drug-likeness (QED) is 0.656. The molecule has 1 nitrogen and oxygen atoms in total. The van der Waals surface area contributed by atoms with Crippen LogP contribution in [-0.4, -0.2) is 16.3 Å². The van der Waals surface area contributed by atoms with E-state index in [1.807, 2.05) is 11.8 Å². The van der Waals surface area contributed by atoms with Gasteiger partial charge >= 0.3 is 0 Å². The zero-order valence-electron chi connectivity index (χ0n) is 7.42. The smallest absolute Gasteiger partial charge is 0.145 e. The molecule has 0 amide bonds. The molecule has 2 rings (SSSR count). The first-order valence-electron chi connectivity index (χ1n) is 5.04. The van der Waals surface area contributed by atoms with Crippen molar-refractivity contribution in [2.24, 2.45) is 0 Å². The van der Waals surface area contributed by atoms with Crippen molar-refractivity contribution < 1.29 is 4.79 Å². The molecule has 1 atom stereocenters. The van der Waals surface area contributed by atoms with Crippen LogP contribution in [0.5, 0.6) is 0 Å². The van der Waals surface area contributed by atoms with Crippen molar-refractivity contribution in [1.82, 2.24) is 0 Å². The lowest BCUT2D eigenvalue weighted by Crippen LogP contribution is -2.30. The fourth-order valence-corrected chi connectivity index (χ4v) is 3.55. The summed E-state index contributed by atoms with van der Waals surface area (Å²) in [5.41, 5.74) is 0. The van der Waals surface area contributed by atoms with Gasteiger partial charge in [0.25, 0.3) is 0 Å². The van der Waals surface area contributed by atoms with Crippen LogP contribution in [0.15, 0.2) is 0 Å². The van der Waals surface area contributed by atoms with Gasteiger partial charge in [0.05, 0.1) is 5.25 Å². The molecule has 2 aliphatic rings. The average Bonchev–Trinajstić information content (AvgIpc) is 2.14. The minimum Gasteiger partial charge on any atom is -0.298 e. The number of carbonyl (C=O) groups is 1. The Morgan fingerprint density at radius 1 is 1.08 bits per heavy atom. The summed E-state index contributed by atoms with van der Waals surface area (Å²) in [5.74, 6) is 0.505. The van der Waals surface area contributed by atoms with Gasteiger partial charge in [0.1, 0.15) is 5.78 Å². The number of ketones is 1. The van der Waals surface area contributed by atoms with Gasteiger partial charge in [0.2, 0.25) is 0 Å². The summed E-state index contributed by atoms with van der Waals surface area (Å²) < 4.78 is 0. The maximum absolute atomic E-state index is 11.1. The monoisotopic (exact) mass is 184 g/mol. The third-order valence-corrected chi connectivity index (χ3v) is 4.60. The van der Waals surface area contributed by atoms with E-state index in [0.717, 1.165) is 18.1 Å². The van der Waals surface area contributed by atoms with Crippen LogP contribution >= 0.6 is 11.8 Å². The van der Waals surface area contributed by atoms with E-state index >= 15 is 0 Å². The second-order valence-electron chi connectivity index (χ2n) is 3.89. The van der Waals surface area contributed by atoms with Crippen LogP contribution in [0, 0.1) is 0 Å². The highest BCUT2D eigenvalue weighted by atomic mass is 32.2. The standard InChI is InChI=1S/C10H16OS/c11-9-6-7-10(9)12-8-4-2-1-3-5-8/h8,10H,1-7H2/t10-/m0/s1. The van der Waals surface area contributed by atoms with Gasteiger partial charge in [0, 0.05) is 11.7 Å². The Kier molecular flexibility index (Phi) is 2.74. The van der Waals surface area contributed by atoms with Crippen molar-refractivity contribution in [3.63, 3.8) is 0 Å². The van der Waals surface area contributed by atoms with Crippen molar-refractivity contribution in [3.05, 3.63) is 0 Å².